The molecule has 0 aliphatic carbocycles. The van der Waals surface area contributed by atoms with Crippen LogP contribution in [0.2, 0.25) is 0 Å². The van der Waals surface area contributed by atoms with Gasteiger partial charge in [0.1, 0.15) is 0 Å². The molecule has 0 saturated heterocycles. The van der Waals surface area contributed by atoms with Crippen LogP contribution in [-0.4, -0.2) is 24.5 Å². The molecule has 0 amide bonds. The van der Waals surface area contributed by atoms with E-state index in [1.165, 1.54) is 22.3 Å². The molecule has 0 saturated carbocycles. The van der Waals surface area contributed by atoms with Crippen LogP contribution in [0.4, 0.5) is 11.4 Å². The van der Waals surface area contributed by atoms with Crippen LogP contribution >= 0.6 is 20.2 Å². The van der Waals surface area contributed by atoms with Crippen molar-refractivity contribution in [2.75, 3.05) is 13.1 Å². The standard InChI is InChI=1S/C32H32N3.2ClH.Fe/c1-23-13-11-14-24(2)31(23)34-29(27-17-7-5-8-18-27)21-33-22-30(28-19-9-6-10-20-28)35-32-25(3)15-12-16-26(32)4;;;/h5-20H,21-22H2,1-4H3;2*1H;/q-1;;;+3/p-2. The predicted octanol–water partition coefficient (Wildman–Crippen LogP) is 9.61. The molecule has 0 fully saturated rings. The Balaban J connectivity index is 0.00000127. The normalized spacial score (nSPS) is 11.6. The molecule has 0 heterocycles. The van der Waals surface area contributed by atoms with E-state index in [9.17, 15) is 0 Å². The van der Waals surface area contributed by atoms with Crippen molar-refractivity contribution in [3.8, 4) is 0 Å². The van der Waals surface area contributed by atoms with E-state index in [1.54, 1.807) is 0 Å². The van der Waals surface area contributed by atoms with Gasteiger partial charge in [-0.1, -0.05) is 97.1 Å². The molecule has 4 aromatic rings. The molecular weight excluding hydrogens is 553 g/mol. The summed E-state index contributed by atoms with van der Waals surface area (Å²) in [4.78, 5) is 10.2. The van der Waals surface area contributed by atoms with Crippen LogP contribution < -0.4 is 0 Å². The van der Waals surface area contributed by atoms with Crippen LogP contribution in [0, 0.1) is 27.7 Å². The molecule has 0 aromatic heterocycles. The summed E-state index contributed by atoms with van der Waals surface area (Å²) in [6.45, 7) is 9.45. The van der Waals surface area contributed by atoms with Crippen molar-refractivity contribution >= 4 is 43.0 Å². The second-order valence-electron chi connectivity index (χ2n) is 8.92. The van der Waals surface area contributed by atoms with E-state index in [1.807, 2.05) is 36.4 Å². The van der Waals surface area contributed by atoms with Gasteiger partial charge in [0.2, 0.25) is 0 Å². The van der Waals surface area contributed by atoms with Crippen LogP contribution in [-0.2, 0) is 13.1 Å². The van der Waals surface area contributed by atoms with Crippen molar-refractivity contribution in [2.24, 2.45) is 9.98 Å². The van der Waals surface area contributed by atoms with Gasteiger partial charge >= 0.3 is 33.3 Å². The van der Waals surface area contributed by atoms with E-state index in [0.717, 1.165) is 33.9 Å². The summed E-state index contributed by atoms with van der Waals surface area (Å²) >= 11 is 0.194. The zero-order valence-corrected chi connectivity index (χ0v) is 24.7. The Morgan fingerprint density at radius 2 is 0.868 bits per heavy atom. The van der Waals surface area contributed by atoms with Gasteiger partial charge in [0, 0.05) is 11.4 Å². The molecule has 6 heteroatoms. The number of aliphatic imine (C=N–C) groups is 2. The molecule has 0 N–H and O–H groups in total. The van der Waals surface area contributed by atoms with Crippen LogP contribution in [0.15, 0.2) is 107 Å². The van der Waals surface area contributed by atoms with Crippen LogP contribution in [0.25, 0.3) is 5.32 Å². The van der Waals surface area contributed by atoms with E-state index in [0.29, 0.717) is 13.1 Å². The van der Waals surface area contributed by atoms with Gasteiger partial charge in [0.25, 0.3) is 0 Å². The molecule has 4 rings (SSSR count). The second-order valence-corrected chi connectivity index (χ2v) is 10.7. The Labute approximate surface area is 241 Å². The first kappa shape index (κ1) is 29.8. The van der Waals surface area contributed by atoms with Gasteiger partial charge in [-0.2, -0.15) is 0 Å². The molecular formula is C32H32Cl2FeN3. The first-order chi connectivity index (χ1) is 18.4. The van der Waals surface area contributed by atoms with Gasteiger partial charge in [0.15, 0.2) is 0 Å². The minimum atomic E-state index is 0.194. The summed E-state index contributed by atoms with van der Waals surface area (Å²) in [7, 11) is 9.53. The minimum absolute atomic E-state index is 0.194. The third kappa shape index (κ3) is 8.66. The number of benzene rings is 4. The molecule has 0 spiro atoms. The maximum atomic E-state index is 5.09. The Morgan fingerprint density at radius 1 is 0.553 bits per heavy atom. The monoisotopic (exact) mass is 584 g/mol. The van der Waals surface area contributed by atoms with Gasteiger partial charge in [-0.15, -0.1) is 13.1 Å². The van der Waals surface area contributed by atoms with Crippen molar-refractivity contribution in [3.05, 3.63) is 136 Å². The number of halogens is 2. The van der Waals surface area contributed by atoms with Gasteiger partial charge in [-0.25, -0.2) is 0 Å². The molecule has 3 nitrogen and oxygen atoms in total. The molecule has 0 aliphatic rings. The fraction of sp³-hybridized carbons (Fsp3) is 0.188. The predicted molar refractivity (Wildman–Crippen MR) is 162 cm³/mol. The summed E-state index contributed by atoms with van der Waals surface area (Å²) in [5.74, 6) is 0. The summed E-state index contributed by atoms with van der Waals surface area (Å²) in [5, 5.41) is 4.97. The van der Waals surface area contributed by atoms with Crippen molar-refractivity contribution in [1.82, 2.24) is 0 Å². The summed E-state index contributed by atoms with van der Waals surface area (Å²) in [5.41, 5.74) is 10.8. The van der Waals surface area contributed by atoms with Crippen LogP contribution in [0.1, 0.15) is 33.4 Å². The van der Waals surface area contributed by atoms with Gasteiger partial charge in [-0.05, 0) is 61.1 Å². The van der Waals surface area contributed by atoms with Gasteiger partial charge < -0.3 is 5.32 Å². The fourth-order valence-electron chi connectivity index (χ4n) is 4.15. The molecule has 4 aromatic carbocycles. The zero-order chi connectivity index (χ0) is 27.3. The summed E-state index contributed by atoms with van der Waals surface area (Å²) < 4.78 is 0. The van der Waals surface area contributed by atoms with E-state index < -0.39 is 0 Å². The Bertz CT molecular complexity index is 1220. The Hall–Kier alpha value is -2.72. The van der Waals surface area contributed by atoms with E-state index in [4.69, 9.17) is 35.5 Å². The average Bonchev–Trinajstić information content (AvgIpc) is 2.92. The van der Waals surface area contributed by atoms with Crippen molar-refractivity contribution in [2.45, 2.75) is 27.7 Å². The maximum absolute atomic E-state index is 5.09. The number of para-hydroxylation sites is 2. The first-order valence-electron chi connectivity index (χ1n) is 12.3. The van der Waals surface area contributed by atoms with Crippen LogP contribution in [0.3, 0.4) is 0 Å². The first-order valence-corrected chi connectivity index (χ1v) is 15.3. The number of aryl methyl sites for hydroxylation is 4. The average molecular weight is 585 g/mol. The molecule has 197 valence electrons. The fourth-order valence-corrected chi connectivity index (χ4v) is 4.15. The summed E-state index contributed by atoms with van der Waals surface area (Å²) in [6, 6.07) is 33.2. The zero-order valence-electron chi connectivity index (χ0n) is 22.1. The third-order valence-electron chi connectivity index (χ3n) is 6.11. The second kappa shape index (κ2) is 15.6. The van der Waals surface area contributed by atoms with Gasteiger partial charge in [-0.3, -0.25) is 9.98 Å². The van der Waals surface area contributed by atoms with Crippen molar-refractivity contribution < 1.29 is 13.1 Å². The Kier molecular flexibility index (Phi) is 12.3. The number of rotatable bonds is 8. The van der Waals surface area contributed by atoms with Gasteiger partial charge in [0.05, 0.1) is 11.4 Å². The van der Waals surface area contributed by atoms with Crippen molar-refractivity contribution in [1.29, 1.82) is 0 Å². The third-order valence-corrected chi connectivity index (χ3v) is 6.11. The SMILES string of the molecule is Cc1cccc(C)c1N=C(C[N-]CC(=Nc1c(C)cccc1C)c1ccccc1)c1ccccc1.[Cl][Fe+][Cl]. The van der Waals surface area contributed by atoms with E-state index in [2.05, 4.69) is 88.4 Å². The Morgan fingerprint density at radius 3 is 1.18 bits per heavy atom. The number of hydrogen-bond acceptors (Lipinski definition) is 2. The molecule has 0 unspecified atom stereocenters. The van der Waals surface area contributed by atoms with Crippen molar-refractivity contribution in [3.63, 3.8) is 0 Å². The van der Waals surface area contributed by atoms with Crippen LogP contribution in [0.5, 0.6) is 0 Å². The summed E-state index contributed by atoms with van der Waals surface area (Å²) in [6.07, 6.45) is 0. The van der Waals surface area contributed by atoms with E-state index >= 15 is 0 Å². The quantitative estimate of drug-likeness (QED) is 0.146. The topological polar surface area (TPSA) is 38.8 Å². The molecule has 0 bridgehead atoms. The molecule has 0 radical (unpaired) electrons. The van der Waals surface area contributed by atoms with E-state index in [-0.39, 0.29) is 13.1 Å². The molecule has 0 aliphatic heterocycles. The number of hydrogen-bond donors (Lipinski definition) is 0. The molecule has 38 heavy (non-hydrogen) atoms. The molecule has 0 atom stereocenters. The number of nitrogens with zero attached hydrogens (tertiary/aromatic N) is 3.